The van der Waals surface area contributed by atoms with Crippen LogP contribution in [0.5, 0.6) is 11.5 Å². The fraction of sp³-hybridized carbons (Fsp3) is 0.143. The molecule has 15 heteroatoms. The van der Waals surface area contributed by atoms with Crippen LogP contribution in [0.4, 0.5) is 0 Å². The summed E-state index contributed by atoms with van der Waals surface area (Å²) in [6.07, 6.45) is -0.241. The average Bonchev–Trinajstić information content (AvgIpc) is 3.21. The molecule has 6 aromatic carbocycles. The second-order valence-electron chi connectivity index (χ2n) is 12.9. The van der Waals surface area contributed by atoms with E-state index in [1.165, 1.54) is 24.3 Å². The minimum atomic E-state index is -4.83. The van der Waals surface area contributed by atoms with Crippen LogP contribution in [0, 0.1) is 0 Å². The summed E-state index contributed by atoms with van der Waals surface area (Å²) >= 11 is 0. The zero-order chi connectivity index (χ0) is 40.5. The quantitative estimate of drug-likeness (QED) is 0.0564. The molecule has 0 aliphatic rings. The highest BCUT2D eigenvalue weighted by Gasteiger charge is 2.31. The summed E-state index contributed by atoms with van der Waals surface area (Å²) < 4.78 is 119. The summed E-state index contributed by atoms with van der Waals surface area (Å²) in [5, 5.41) is 2.21. The van der Waals surface area contributed by atoms with Crippen molar-refractivity contribution in [2.75, 3.05) is 26.4 Å². The number of rotatable bonds is 18. The summed E-state index contributed by atoms with van der Waals surface area (Å²) in [5.41, 5.74) is 0.538. The van der Waals surface area contributed by atoms with Crippen molar-refractivity contribution in [2.24, 2.45) is 0 Å². The Balaban J connectivity index is 1.15. The minimum absolute atomic E-state index is 0.00388. The molecule has 0 spiro atoms. The smallest absolute Gasteiger partial charge is 0.147 e. The van der Waals surface area contributed by atoms with Crippen LogP contribution < -0.4 is 30.7 Å². The van der Waals surface area contributed by atoms with Crippen LogP contribution in [0.15, 0.2) is 168 Å². The van der Waals surface area contributed by atoms with Gasteiger partial charge >= 0.3 is 0 Å². The molecule has 0 radical (unpaired) electrons. The molecule has 6 rings (SSSR count). The minimum Gasteiger partial charge on any atom is -0.744 e. The van der Waals surface area contributed by atoms with Gasteiger partial charge in [-0.1, -0.05) is 121 Å². The standard InChI is InChI=1S/C42H40O11P2S2/c43-54(35-13-5-1-6-14-35,36-15-7-2-8-16-36)31-33-29-39(56(45,46)47)21-23-41(33)52-27-25-51-26-28-53-42-24-22-40(57(48,49)50)30-34(42)32-55(44,37-17-9-3-10-18-37)38-19-11-4-12-20-38/h1-24,29-30H,25-28,31-32H2,(H,45,46,47)(H,48,49,50)/p-2. The molecule has 0 aliphatic carbocycles. The Morgan fingerprint density at radius 3 is 1.00 bits per heavy atom. The van der Waals surface area contributed by atoms with E-state index >= 15 is 0 Å². The molecule has 0 bridgehead atoms. The van der Waals surface area contributed by atoms with Crippen molar-refractivity contribution in [3.63, 3.8) is 0 Å². The van der Waals surface area contributed by atoms with Gasteiger partial charge in [0, 0.05) is 44.7 Å². The van der Waals surface area contributed by atoms with Crippen LogP contribution in [0.2, 0.25) is 0 Å². The Bertz CT molecular complexity index is 2340. The Labute approximate surface area is 332 Å². The maximum atomic E-state index is 14.8. The van der Waals surface area contributed by atoms with Crippen LogP contribution >= 0.6 is 14.3 Å². The van der Waals surface area contributed by atoms with Crippen molar-refractivity contribution in [2.45, 2.75) is 22.1 Å². The van der Waals surface area contributed by atoms with Gasteiger partial charge in [0.1, 0.15) is 59.2 Å². The van der Waals surface area contributed by atoms with Gasteiger partial charge in [0.25, 0.3) is 0 Å². The fourth-order valence-corrected chi connectivity index (χ4v) is 12.7. The average molecular weight is 845 g/mol. The first-order chi connectivity index (χ1) is 27.3. The molecule has 0 fully saturated rings. The molecule has 0 aliphatic heterocycles. The van der Waals surface area contributed by atoms with Crippen LogP contribution in [-0.4, -0.2) is 52.4 Å². The van der Waals surface area contributed by atoms with E-state index in [9.17, 15) is 35.1 Å². The number of ether oxygens (including phenoxy) is 3. The second kappa shape index (κ2) is 18.2. The summed E-state index contributed by atoms with van der Waals surface area (Å²) in [5.74, 6) is 0.460. The molecule has 57 heavy (non-hydrogen) atoms. The van der Waals surface area contributed by atoms with Crippen molar-refractivity contribution >= 4 is 55.7 Å². The van der Waals surface area contributed by atoms with Crippen molar-refractivity contribution in [1.82, 2.24) is 0 Å². The maximum absolute atomic E-state index is 14.8. The lowest BCUT2D eigenvalue weighted by molar-refractivity contribution is 0.0760. The SMILES string of the molecule is O=P(Cc1cc(S(=O)(=O)[O-])ccc1OCCOCCOc1ccc(S(=O)(=O)[O-])cc1CP(=O)(c1ccccc1)c1ccccc1)(c1ccccc1)c1ccccc1. The number of hydrogen-bond acceptors (Lipinski definition) is 11. The van der Waals surface area contributed by atoms with Crippen LogP contribution in [0.3, 0.4) is 0 Å². The lowest BCUT2D eigenvalue weighted by Gasteiger charge is -2.22. The van der Waals surface area contributed by atoms with Crippen molar-refractivity contribution < 1.29 is 49.3 Å². The third kappa shape index (κ3) is 10.4. The highest BCUT2D eigenvalue weighted by atomic mass is 32.2. The molecule has 6 aromatic rings. The molecule has 296 valence electrons. The first-order valence-electron chi connectivity index (χ1n) is 17.7. The molecule has 0 saturated carbocycles. The van der Waals surface area contributed by atoms with Gasteiger partial charge in [-0.25, -0.2) is 16.8 Å². The molecule has 0 atom stereocenters. The van der Waals surface area contributed by atoms with Crippen molar-refractivity contribution in [3.8, 4) is 11.5 Å². The van der Waals surface area contributed by atoms with Gasteiger partial charge in [0.15, 0.2) is 0 Å². The van der Waals surface area contributed by atoms with Crippen molar-refractivity contribution in [3.05, 3.63) is 169 Å². The number of hydrogen-bond donors (Lipinski definition) is 0. The molecule has 11 nitrogen and oxygen atoms in total. The van der Waals surface area contributed by atoms with E-state index in [2.05, 4.69) is 0 Å². The van der Waals surface area contributed by atoms with E-state index in [0.717, 1.165) is 12.1 Å². The largest absolute Gasteiger partial charge is 0.744 e. The summed E-state index contributed by atoms with van der Waals surface area (Å²) in [6, 6.07) is 42.7. The molecular formula is C42H38O11P2S2-2. The van der Waals surface area contributed by atoms with Gasteiger partial charge in [-0.15, -0.1) is 0 Å². The van der Waals surface area contributed by atoms with Crippen LogP contribution in [-0.2, 0) is 46.4 Å². The summed E-state index contributed by atoms with van der Waals surface area (Å²) in [6.45, 7) is 0.0971. The third-order valence-electron chi connectivity index (χ3n) is 9.09. The van der Waals surface area contributed by atoms with Crippen molar-refractivity contribution in [1.29, 1.82) is 0 Å². The van der Waals surface area contributed by atoms with E-state index in [0.29, 0.717) is 21.2 Å². The van der Waals surface area contributed by atoms with E-state index in [4.69, 9.17) is 14.2 Å². The predicted molar refractivity (Wildman–Crippen MR) is 218 cm³/mol. The number of benzene rings is 6. The fourth-order valence-electron chi connectivity index (χ4n) is 6.29. The monoisotopic (exact) mass is 844 g/mol. The Morgan fingerprint density at radius 2 is 0.719 bits per heavy atom. The second-order valence-corrected chi connectivity index (χ2v) is 21.3. The normalized spacial score (nSPS) is 12.2. The first-order valence-corrected chi connectivity index (χ1v) is 24.3. The Kier molecular flexibility index (Phi) is 13.3. The zero-order valence-corrected chi connectivity index (χ0v) is 33.9. The van der Waals surface area contributed by atoms with E-state index < -0.39 is 44.3 Å². The topological polar surface area (TPSA) is 176 Å². The highest BCUT2D eigenvalue weighted by Crippen LogP contribution is 2.50. The van der Waals surface area contributed by atoms with Gasteiger partial charge in [0.2, 0.25) is 0 Å². The van der Waals surface area contributed by atoms with Gasteiger partial charge in [-0.2, -0.15) is 0 Å². The Hall–Kier alpha value is -4.84. The predicted octanol–water partition coefficient (Wildman–Crippen LogP) is 6.00. The van der Waals surface area contributed by atoms with Crippen LogP contribution in [0.1, 0.15) is 11.1 Å². The lowest BCUT2D eigenvalue weighted by atomic mass is 10.2. The van der Waals surface area contributed by atoms with Gasteiger partial charge in [0.05, 0.1) is 23.0 Å². The molecule has 0 unspecified atom stereocenters. The Morgan fingerprint density at radius 1 is 0.421 bits per heavy atom. The van der Waals surface area contributed by atoms with Gasteiger partial charge in [-0.3, -0.25) is 0 Å². The molecular weight excluding hydrogens is 807 g/mol. The lowest BCUT2D eigenvalue weighted by Crippen LogP contribution is -2.19. The molecule has 0 heterocycles. The van der Waals surface area contributed by atoms with E-state index in [-0.39, 0.29) is 61.4 Å². The molecule has 0 aromatic heterocycles. The highest BCUT2D eigenvalue weighted by molar-refractivity contribution is 7.86. The molecule has 0 saturated heterocycles. The molecule has 0 amide bonds. The summed E-state index contributed by atoms with van der Waals surface area (Å²) in [7, 11) is -16.4. The first kappa shape index (κ1) is 41.8. The van der Waals surface area contributed by atoms with E-state index in [1.807, 2.05) is 0 Å². The third-order valence-corrected chi connectivity index (χ3v) is 16.9. The maximum Gasteiger partial charge on any atom is 0.147 e. The van der Waals surface area contributed by atoms with Crippen LogP contribution in [0.25, 0.3) is 0 Å². The van der Waals surface area contributed by atoms with Gasteiger partial charge < -0.3 is 32.4 Å². The summed E-state index contributed by atoms with van der Waals surface area (Å²) in [4.78, 5) is -0.954. The van der Waals surface area contributed by atoms with E-state index in [1.54, 1.807) is 121 Å². The van der Waals surface area contributed by atoms with Gasteiger partial charge in [-0.05, 0) is 36.4 Å². The molecule has 0 N–H and O–H groups in total. The zero-order valence-electron chi connectivity index (χ0n) is 30.5.